The summed E-state index contributed by atoms with van der Waals surface area (Å²) in [5.74, 6) is 1.91. The third-order valence-electron chi connectivity index (χ3n) is 3.70. The van der Waals surface area contributed by atoms with E-state index < -0.39 is 0 Å². The molecule has 2 unspecified atom stereocenters. The van der Waals surface area contributed by atoms with Crippen LogP contribution in [0.15, 0.2) is 0 Å². The van der Waals surface area contributed by atoms with E-state index in [-0.39, 0.29) is 0 Å². The van der Waals surface area contributed by atoms with Crippen molar-refractivity contribution in [2.24, 2.45) is 17.3 Å². The van der Waals surface area contributed by atoms with Crippen LogP contribution in [0.25, 0.3) is 0 Å². The van der Waals surface area contributed by atoms with Crippen molar-refractivity contribution in [3.05, 3.63) is 0 Å². The van der Waals surface area contributed by atoms with Crippen molar-refractivity contribution < 1.29 is 4.74 Å². The van der Waals surface area contributed by atoms with Crippen molar-refractivity contribution in [2.75, 3.05) is 13.2 Å². The SMILES string of the molecule is CCC1(C)C2COCC[C@H]21. The standard InChI is InChI=1S/C9H16O/c1-3-9(2)7-4-5-10-6-8(7)9/h7-8H,3-6H2,1-2H3/t7-,8?,9?/m1/s1. The van der Waals surface area contributed by atoms with Crippen LogP contribution in [0.2, 0.25) is 0 Å². The van der Waals surface area contributed by atoms with Crippen molar-refractivity contribution >= 4 is 0 Å². The van der Waals surface area contributed by atoms with Crippen molar-refractivity contribution in [2.45, 2.75) is 26.7 Å². The lowest BCUT2D eigenvalue weighted by molar-refractivity contribution is 0.0877. The van der Waals surface area contributed by atoms with Gasteiger partial charge in [-0.3, -0.25) is 0 Å². The number of fused-ring (bicyclic) bond motifs is 1. The summed E-state index contributed by atoms with van der Waals surface area (Å²) in [4.78, 5) is 0. The highest BCUT2D eigenvalue weighted by atomic mass is 16.5. The fourth-order valence-corrected chi connectivity index (χ4v) is 2.55. The highest BCUT2D eigenvalue weighted by Gasteiger charge is 2.60. The Morgan fingerprint density at radius 1 is 1.50 bits per heavy atom. The van der Waals surface area contributed by atoms with Gasteiger partial charge in [0.15, 0.2) is 0 Å². The monoisotopic (exact) mass is 140 g/mol. The van der Waals surface area contributed by atoms with E-state index >= 15 is 0 Å². The van der Waals surface area contributed by atoms with E-state index in [1.807, 2.05) is 0 Å². The Hall–Kier alpha value is -0.0400. The fourth-order valence-electron chi connectivity index (χ4n) is 2.55. The van der Waals surface area contributed by atoms with Crippen LogP contribution in [0.5, 0.6) is 0 Å². The Labute approximate surface area is 62.8 Å². The molecule has 1 heteroatoms. The Bertz CT molecular complexity index is 130. The predicted molar refractivity (Wildman–Crippen MR) is 40.8 cm³/mol. The smallest absolute Gasteiger partial charge is 0.0502 e. The highest BCUT2D eigenvalue weighted by Crippen LogP contribution is 2.63. The molecule has 0 bridgehead atoms. The third kappa shape index (κ3) is 0.672. The van der Waals surface area contributed by atoms with Crippen LogP contribution in [0, 0.1) is 17.3 Å². The Kier molecular flexibility index (Phi) is 1.31. The van der Waals surface area contributed by atoms with Crippen molar-refractivity contribution in [3.63, 3.8) is 0 Å². The first kappa shape index (κ1) is 6.66. The average Bonchev–Trinajstić information content (AvgIpc) is 2.60. The third-order valence-corrected chi connectivity index (χ3v) is 3.70. The molecule has 0 amide bonds. The molecule has 2 fully saturated rings. The minimum absolute atomic E-state index is 0.663. The molecule has 0 spiro atoms. The van der Waals surface area contributed by atoms with Gasteiger partial charge in [0, 0.05) is 6.61 Å². The number of hydrogen-bond acceptors (Lipinski definition) is 1. The van der Waals surface area contributed by atoms with Gasteiger partial charge >= 0.3 is 0 Å². The number of hydrogen-bond donors (Lipinski definition) is 0. The van der Waals surface area contributed by atoms with Gasteiger partial charge in [0.1, 0.15) is 0 Å². The van der Waals surface area contributed by atoms with Gasteiger partial charge in [0.25, 0.3) is 0 Å². The topological polar surface area (TPSA) is 9.23 Å². The molecule has 0 radical (unpaired) electrons. The summed E-state index contributed by atoms with van der Waals surface area (Å²) in [6.07, 6.45) is 2.65. The molecule has 2 rings (SSSR count). The molecule has 58 valence electrons. The molecule has 0 aromatic carbocycles. The Morgan fingerprint density at radius 2 is 2.30 bits per heavy atom. The Balaban J connectivity index is 2.04. The maximum atomic E-state index is 5.42. The number of ether oxygens (including phenoxy) is 1. The van der Waals surface area contributed by atoms with Gasteiger partial charge in [-0.1, -0.05) is 20.3 Å². The zero-order valence-corrected chi connectivity index (χ0v) is 6.89. The van der Waals surface area contributed by atoms with Gasteiger partial charge in [-0.05, 0) is 23.7 Å². The minimum atomic E-state index is 0.663. The molecule has 10 heavy (non-hydrogen) atoms. The van der Waals surface area contributed by atoms with Crippen LogP contribution in [0.1, 0.15) is 26.7 Å². The fraction of sp³-hybridized carbons (Fsp3) is 1.00. The first-order valence-electron chi connectivity index (χ1n) is 4.37. The quantitative estimate of drug-likeness (QED) is 0.541. The molecule has 1 aliphatic heterocycles. The lowest BCUT2D eigenvalue weighted by Crippen LogP contribution is -2.07. The maximum absolute atomic E-state index is 5.42. The molecule has 0 aromatic heterocycles. The van der Waals surface area contributed by atoms with Crippen LogP contribution in [0.3, 0.4) is 0 Å². The molecular weight excluding hydrogens is 124 g/mol. The Morgan fingerprint density at radius 3 is 2.80 bits per heavy atom. The average molecular weight is 140 g/mol. The predicted octanol–water partition coefficient (Wildman–Crippen LogP) is 2.07. The van der Waals surface area contributed by atoms with Gasteiger partial charge in [-0.25, -0.2) is 0 Å². The van der Waals surface area contributed by atoms with Crippen LogP contribution >= 0.6 is 0 Å². The molecule has 1 saturated heterocycles. The first-order chi connectivity index (χ1) is 4.79. The van der Waals surface area contributed by atoms with E-state index in [1.165, 1.54) is 12.8 Å². The second-order valence-corrected chi connectivity index (χ2v) is 3.94. The zero-order chi connectivity index (χ0) is 7.19. The number of rotatable bonds is 1. The summed E-state index contributed by atoms with van der Waals surface area (Å²) in [6, 6.07) is 0. The van der Waals surface area contributed by atoms with Gasteiger partial charge in [0.05, 0.1) is 6.61 Å². The van der Waals surface area contributed by atoms with Crippen molar-refractivity contribution in [1.82, 2.24) is 0 Å². The van der Waals surface area contributed by atoms with E-state index in [0.717, 1.165) is 25.0 Å². The van der Waals surface area contributed by atoms with Gasteiger partial charge in [0.2, 0.25) is 0 Å². The van der Waals surface area contributed by atoms with E-state index in [0.29, 0.717) is 5.41 Å². The minimum Gasteiger partial charge on any atom is -0.381 e. The van der Waals surface area contributed by atoms with E-state index in [4.69, 9.17) is 4.74 Å². The van der Waals surface area contributed by atoms with Gasteiger partial charge in [-0.15, -0.1) is 0 Å². The highest BCUT2D eigenvalue weighted by molar-refractivity contribution is 5.07. The van der Waals surface area contributed by atoms with E-state index in [1.54, 1.807) is 0 Å². The summed E-state index contributed by atoms with van der Waals surface area (Å²) in [5.41, 5.74) is 0.663. The molecule has 0 aromatic rings. The van der Waals surface area contributed by atoms with Crippen molar-refractivity contribution in [3.8, 4) is 0 Å². The normalized spacial score (nSPS) is 52.2. The molecule has 1 aliphatic carbocycles. The largest absolute Gasteiger partial charge is 0.381 e. The van der Waals surface area contributed by atoms with Crippen LogP contribution in [-0.4, -0.2) is 13.2 Å². The van der Waals surface area contributed by atoms with Gasteiger partial charge in [-0.2, -0.15) is 0 Å². The lowest BCUT2D eigenvalue weighted by atomic mass is 10.0. The molecule has 2 aliphatic rings. The summed E-state index contributed by atoms with van der Waals surface area (Å²) in [5, 5.41) is 0. The summed E-state index contributed by atoms with van der Waals surface area (Å²) in [6.45, 7) is 6.76. The van der Waals surface area contributed by atoms with E-state index in [2.05, 4.69) is 13.8 Å². The maximum Gasteiger partial charge on any atom is 0.0502 e. The van der Waals surface area contributed by atoms with Crippen LogP contribution in [0.4, 0.5) is 0 Å². The van der Waals surface area contributed by atoms with Gasteiger partial charge < -0.3 is 4.74 Å². The summed E-state index contributed by atoms with van der Waals surface area (Å²) < 4.78 is 5.42. The van der Waals surface area contributed by atoms with Crippen LogP contribution < -0.4 is 0 Å². The summed E-state index contributed by atoms with van der Waals surface area (Å²) in [7, 11) is 0. The molecular formula is C9H16O. The van der Waals surface area contributed by atoms with Crippen LogP contribution in [-0.2, 0) is 4.74 Å². The second-order valence-electron chi connectivity index (χ2n) is 3.94. The van der Waals surface area contributed by atoms with E-state index in [9.17, 15) is 0 Å². The summed E-state index contributed by atoms with van der Waals surface area (Å²) >= 11 is 0. The molecule has 0 N–H and O–H groups in total. The lowest BCUT2D eigenvalue weighted by Gasteiger charge is -2.07. The zero-order valence-electron chi connectivity index (χ0n) is 6.89. The van der Waals surface area contributed by atoms with Crippen molar-refractivity contribution in [1.29, 1.82) is 0 Å². The first-order valence-corrected chi connectivity index (χ1v) is 4.37. The molecule has 1 saturated carbocycles. The molecule has 1 nitrogen and oxygen atoms in total. The second kappa shape index (κ2) is 1.97. The molecule has 3 atom stereocenters. The molecule has 1 heterocycles.